The van der Waals surface area contributed by atoms with Crippen molar-refractivity contribution < 1.29 is 5.11 Å². The predicted molar refractivity (Wildman–Crippen MR) is 74.2 cm³/mol. The van der Waals surface area contributed by atoms with Crippen LogP contribution in [0, 0.1) is 12.8 Å². The molecule has 1 N–H and O–H groups in total. The lowest BCUT2D eigenvalue weighted by Gasteiger charge is -2.47. The molecule has 2 aromatic rings. The van der Waals surface area contributed by atoms with Crippen LogP contribution in [0.3, 0.4) is 0 Å². The molecule has 2 fully saturated rings. The van der Waals surface area contributed by atoms with Crippen LogP contribution in [0.4, 0.5) is 5.82 Å². The number of rotatable bonds is 2. The summed E-state index contributed by atoms with van der Waals surface area (Å²) in [6.45, 7) is 3.37. The summed E-state index contributed by atoms with van der Waals surface area (Å²) in [5.74, 6) is 1.42. The number of benzene rings is 1. The third-order valence-corrected chi connectivity index (χ3v) is 4.42. The Morgan fingerprint density at radius 2 is 1.84 bits per heavy atom. The average Bonchev–Trinajstić information content (AvgIpc) is 3.21. The highest BCUT2D eigenvalue weighted by Gasteiger charge is 2.52. The normalized spacial score (nSPS) is 21.5. The maximum absolute atomic E-state index is 10.4. The molecule has 0 bridgehead atoms. The highest BCUT2D eigenvalue weighted by Crippen LogP contribution is 2.46. The third kappa shape index (κ3) is 1.63. The van der Waals surface area contributed by atoms with Crippen LogP contribution < -0.4 is 4.90 Å². The van der Waals surface area contributed by atoms with Gasteiger partial charge in [0.1, 0.15) is 5.60 Å². The van der Waals surface area contributed by atoms with Crippen molar-refractivity contribution in [1.82, 2.24) is 10.2 Å². The fourth-order valence-electron chi connectivity index (χ4n) is 3.10. The van der Waals surface area contributed by atoms with Crippen LogP contribution in [0.25, 0.3) is 10.8 Å². The molecule has 0 spiro atoms. The Morgan fingerprint density at radius 1 is 1.16 bits per heavy atom. The van der Waals surface area contributed by atoms with Crippen molar-refractivity contribution in [3.63, 3.8) is 0 Å². The Bertz CT molecular complexity index is 645. The van der Waals surface area contributed by atoms with Crippen LogP contribution in [-0.4, -0.2) is 34.0 Å². The Kier molecular flexibility index (Phi) is 2.16. The van der Waals surface area contributed by atoms with Gasteiger partial charge < -0.3 is 10.0 Å². The van der Waals surface area contributed by atoms with Gasteiger partial charge in [-0.05, 0) is 25.7 Å². The van der Waals surface area contributed by atoms with E-state index in [9.17, 15) is 5.11 Å². The Balaban J connectivity index is 1.71. The van der Waals surface area contributed by atoms with Crippen LogP contribution in [0.5, 0.6) is 0 Å². The van der Waals surface area contributed by atoms with Crippen molar-refractivity contribution in [1.29, 1.82) is 0 Å². The number of aryl methyl sites for hydroxylation is 1. The van der Waals surface area contributed by atoms with E-state index in [1.165, 1.54) is 12.8 Å². The average molecular weight is 255 g/mol. The number of nitrogens with zero attached hydrogens (tertiary/aromatic N) is 3. The predicted octanol–water partition coefficient (Wildman–Crippen LogP) is 1.90. The Hall–Kier alpha value is -1.68. The van der Waals surface area contributed by atoms with E-state index in [4.69, 9.17) is 0 Å². The van der Waals surface area contributed by atoms with Gasteiger partial charge in [-0.1, -0.05) is 24.3 Å². The SMILES string of the molecule is Cc1nnc(N2CC(O)(C3CC3)C2)c2ccccc12. The summed E-state index contributed by atoms with van der Waals surface area (Å²) in [6, 6.07) is 8.22. The van der Waals surface area contributed by atoms with E-state index < -0.39 is 5.60 Å². The van der Waals surface area contributed by atoms with Gasteiger partial charge in [-0.15, -0.1) is 5.10 Å². The highest BCUT2D eigenvalue weighted by molar-refractivity contribution is 5.93. The molecule has 0 radical (unpaired) electrons. The highest BCUT2D eigenvalue weighted by atomic mass is 16.3. The summed E-state index contributed by atoms with van der Waals surface area (Å²) in [4.78, 5) is 2.15. The number of aliphatic hydroxyl groups is 1. The summed E-state index contributed by atoms with van der Waals surface area (Å²) >= 11 is 0. The first kappa shape index (κ1) is 11.2. The molecule has 4 rings (SSSR count). The topological polar surface area (TPSA) is 49.2 Å². The Morgan fingerprint density at radius 3 is 2.53 bits per heavy atom. The fraction of sp³-hybridized carbons (Fsp3) is 0.467. The first-order valence-corrected chi connectivity index (χ1v) is 6.87. The summed E-state index contributed by atoms with van der Waals surface area (Å²) in [7, 11) is 0. The van der Waals surface area contributed by atoms with E-state index in [1.807, 2.05) is 19.1 Å². The lowest BCUT2D eigenvalue weighted by atomic mass is 9.88. The van der Waals surface area contributed by atoms with Crippen LogP contribution >= 0.6 is 0 Å². The first-order chi connectivity index (χ1) is 9.17. The molecule has 4 nitrogen and oxygen atoms in total. The molecule has 0 amide bonds. The van der Waals surface area contributed by atoms with Crippen molar-refractivity contribution in [3.8, 4) is 0 Å². The maximum Gasteiger partial charge on any atom is 0.159 e. The largest absolute Gasteiger partial charge is 0.386 e. The Labute approximate surface area is 112 Å². The minimum atomic E-state index is -0.479. The monoisotopic (exact) mass is 255 g/mol. The molecule has 1 aliphatic heterocycles. The first-order valence-electron chi connectivity index (χ1n) is 6.87. The fourth-order valence-corrected chi connectivity index (χ4v) is 3.10. The van der Waals surface area contributed by atoms with Crippen LogP contribution in [0.2, 0.25) is 0 Å². The zero-order valence-electron chi connectivity index (χ0n) is 11.0. The van der Waals surface area contributed by atoms with Crippen LogP contribution in [0.15, 0.2) is 24.3 Å². The number of β-amino-alcohol motifs (C(OH)–C–C–N with tert-alkyl or cyclic N) is 1. The molecule has 4 heteroatoms. The standard InChI is InChI=1S/C15H17N3O/c1-10-12-4-2-3-5-13(12)14(17-16-10)18-8-15(19,9-18)11-6-7-11/h2-5,11,19H,6-9H2,1H3. The van der Waals surface area contributed by atoms with Crippen molar-refractivity contribution in [2.45, 2.75) is 25.4 Å². The van der Waals surface area contributed by atoms with Gasteiger partial charge in [0.25, 0.3) is 0 Å². The minimum absolute atomic E-state index is 0.479. The van der Waals surface area contributed by atoms with Gasteiger partial charge >= 0.3 is 0 Å². The van der Waals surface area contributed by atoms with Gasteiger partial charge in [0.15, 0.2) is 5.82 Å². The summed E-state index contributed by atoms with van der Waals surface area (Å²) in [6.07, 6.45) is 2.34. The molecule has 2 aliphatic rings. The molecular formula is C15H17N3O. The van der Waals surface area contributed by atoms with E-state index in [0.29, 0.717) is 19.0 Å². The molecular weight excluding hydrogens is 238 g/mol. The summed E-state index contributed by atoms with van der Waals surface area (Å²) in [5, 5.41) is 21.3. The second-order valence-electron chi connectivity index (χ2n) is 5.89. The van der Waals surface area contributed by atoms with Crippen LogP contribution in [-0.2, 0) is 0 Å². The number of fused-ring (bicyclic) bond motifs is 1. The van der Waals surface area contributed by atoms with Gasteiger partial charge in [-0.25, -0.2) is 0 Å². The molecule has 98 valence electrons. The van der Waals surface area contributed by atoms with Gasteiger partial charge in [0, 0.05) is 10.8 Å². The zero-order valence-corrected chi connectivity index (χ0v) is 11.0. The van der Waals surface area contributed by atoms with Gasteiger partial charge in [-0.3, -0.25) is 0 Å². The van der Waals surface area contributed by atoms with E-state index in [0.717, 1.165) is 22.3 Å². The number of hydrogen-bond donors (Lipinski definition) is 1. The number of anilines is 1. The van der Waals surface area contributed by atoms with Crippen molar-refractivity contribution in [3.05, 3.63) is 30.0 Å². The molecule has 1 saturated heterocycles. The lowest BCUT2D eigenvalue weighted by Crippen LogP contribution is -2.63. The quantitative estimate of drug-likeness (QED) is 0.890. The second kappa shape index (κ2) is 3.67. The van der Waals surface area contributed by atoms with E-state index >= 15 is 0 Å². The minimum Gasteiger partial charge on any atom is -0.386 e. The molecule has 1 aromatic carbocycles. The zero-order chi connectivity index (χ0) is 13.0. The van der Waals surface area contributed by atoms with Gasteiger partial charge in [0.05, 0.1) is 18.8 Å². The smallest absolute Gasteiger partial charge is 0.159 e. The lowest BCUT2D eigenvalue weighted by molar-refractivity contribution is -0.00965. The van der Waals surface area contributed by atoms with Gasteiger partial charge in [-0.2, -0.15) is 5.10 Å². The van der Waals surface area contributed by atoms with E-state index in [-0.39, 0.29) is 0 Å². The third-order valence-electron chi connectivity index (χ3n) is 4.42. The van der Waals surface area contributed by atoms with Crippen molar-refractivity contribution >= 4 is 16.6 Å². The second-order valence-corrected chi connectivity index (χ2v) is 5.89. The molecule has 2 heterocycles. The molecule has 0 atom stereocenters. The number of aromatic nitrogens is 2. The van der Waals surface area contributed by atoms with Crippen molar-refractivity contribution in [2.24, 2.45) is 5.92 Å². The maximum atomic E-state index is 10.4. The van der Waals surface area contributed by atoms with E-state index in [1.54, 1.807) is 0 Å². The molecule has 19 heavy (non-hydrogen) atoms. The molecule has 0 unspecified atom stereocenters. The van der Waals surface area contributed by atoms with Crippen LogP contribution in [0.1, 0.15) is 18.5 Å². The summed E-state index contributed by atoms with van der Waals surface area (Å²) in [5.41, 5.74) is 0.477. The molecule has 1 aliphatic carbocycles. The summed E-state index contributed by atoms with van der Waals surface area (Å²) < 4.78 is 0. The van der Waals surface area contributed by atoms with Crippen molar-refractivity contribution in [2.75, 3.05) is 18.0 Å². The van der Waals surface area contributed by atoms with Gasteiger partial charge in [0.2, 0.25) is 0 Å². The van der Waals surface area contributed by atoms with E-state index in [2.05, 4.69) is 27.2 Å². The molecule has 1 aromatic heterocycles. The number of hydrogen-bond acceptors (Lipinski definition) is 4. The molecule has 1 saturated carbocycles.